The number of benzene rings is 4. The second-order valence-electron chi connectivity index (χ2n) is 12.7. The van der Waals surface area contributed by atoms with Gasteiger partial charge in [-0.05, 0) is 101 Å². The number of anilines is 1. The highest BCUT2D eigenvalue weighted by atomic mass is 16.4. The molecule has 0 radical (unpaired) electrons. The summed E-state index contributed by atoms with van der Waals surface area (Å²) in [6, 6.07) is 34.9. The molecule has 2 heterocycles. The maximum Gasteiger partial charge on any atom is 0.326 e. The molecule has 2 aromatic heterocycles. The van der Waals surface area contributed by atoms with Gasteiger partial charge in [0.25, 0.3) is 5.91 Å². The monoisotopic (exact) mass is 680 g/mol. The summed E-state index contributed by atoms with van der Waals surface area (Å²) in [7, 11) is 0. The lowest BCUT2D eigenvalue weighted by Crippen LogP contribution is -2.41. The van der Waals surface area contributed by atoms with Crippen LogP contribution >= 0.6 is 0 Å². The number of amides is 1. The Bertz CT molecular complexity index is 2080. The summed E-state index contributed by atoms with van der Waals surface area (Å²) in [5.41, 5.74) is 10.7. The van der Waals surface area contributed by atoms with Crippen molar-refractivity contribution >= 4 is 39.2 Å². The Balaban J connectivity index is 0.000000313. The Kier molecular flexibility index (Phi) is 12.0. The zero-order valence-corrected chi connectivity index (χ0v) is 28.6. The minimum absolute atomic E-state index is 0.185. The molecule has 1 amide bonds. The number of aromatic nitrogens is 2. The molecule has 0 saturated carbocycles. The molecular formula is C42H44N6O3. The van der Waals surface area contributed by atoms with E-state index in [2.05, 4.69) is 56.3 Å². The van der Waals surface area contributed by atoms with Gasteiger partial charge >= 0.3 is 5.97 Å². The van der Waals surface area contributed by atoms with Gasteiger partial charge in [0.1, 0.15) is 11.9 Å². The van der Waals surface area contributed by atoms with Crippen molar-refractivity contribution in [2.24, 2.45) is 5.73 Å². The molecule has 0 spiro atoms. The van der Waals surface area contributed by atoms with E-state index in [0.717, 1.165) is 47.1 Å². The van der Waals surface area contributed by atoms with Crippen LogP contribution in [0.2, 0.25) is 0 Å². The van der Waals surface area contributed by atoms with E-state index in [1.54, 1.807) is 12.3 Å². The van der Waals surface area contributed by atoms with Gasteiger partial charge in [-0.3, -0.25) is 9.78 Å². The van der Waals surface area contributed by atoms with Crippen molar-refractivity contribution in [3.8, 4) is 0 Å². The van der Waals surface area contributed by atoms with E-state index < -0.39 is 12.0 Å². The molecule has 2 atom stereocenters. The minimum Gasteiger partial charge on any atom is -0.480 e. The lowest BCUT2D eigenvalue weighted by molar-refractivity contribution is -0.139. The molecule has 7 rings (SSSR count). The van der Waals surface area contributed by atoms with Gasteiger partial charge in [0.2, 0.25) is 0 Å². The van der Waals surface area contributed by atoms with Gasteiger partial charge < -0.3 is 26.8 Å². The van der Waals surface area contributed by atoms with Crippen LogP contribution in [-0.4, -0.2) is 39.5 Å². The average Bonchev–Trinajstić information content (AvgIpc) is 3.18. The molecule has 6 N–H and O–H groups in total. The smallest absolute Gasteiger partial charge is 0.326 e. The van der Waals surface area contributed by atoms with Crippen molar-refractivity contribution in [2.75, 3.05) is 11.9 Å². The average molecular weight is 681 g/mol. The summed E-state index contributed by atoms with van der Waals surface area (Å²) in [6.07, 6.45) is 7.68. The zero-order valence-electron chi connectivity index (χ0n) is 28.6. The fourth-order valence-corrected chi connectivity index (χ4v) is 6.72. The Morgan fingerprint density at radius 1 is 0.804 bits per heavy atom. The van der Waals surface area contributed by atoms with Gasteiger partial charge in [-0.2, -0.15) is 0 Å². The summed E-state index contributed by atoms with van der Waals surface area (Å²) >= 11 is 0. The topological polar surface area (TPSA) is 142 Å². The third kappa shape index (κ3) is 8.94. The Morgan fingerprint density at radius 3 is 2.37 bits per heavy atom. The first-order chi connectivity index (χ1) is 25.0. The van der Waals surface area contributed by atoms with Crippen LogP contribution in [-0.2, 0) is 24.3 Å². The number of nitrogens with one attached hydrogen (secondary N) is 3. The lowest BCUT2D eigenvalue weighted by Gasteiger charge is -2.25. The molecule has 4 aromatic carbocycles. The first-order valence-corrected chi connectivity index (χ1v) is 17.5. The van der Waals surface area contributed by atoms with Crippen molar-refractivity contribution in [1.29, 1.82) is 0 Å². The number of aliphatic carboxylic acids is 1. The van der Waals surface area contributed by atoms with E-state index in [1.807, 2.05) is 79.0 Å². The predicted molar refractivity (Wildman–Crippen MR) is 203 cm³/mol. The molecular weight excluding hydrogens is 637 g/mol. The number of carbonyl (C=O) groups excluding carboxylic acids is 1. The van der Waals surface area contributed by atoms with Crippen molar-refractivity contribution in [1.82, 2.24) is 20.6 Å². The van der Waals surface area contributed by atoms with Gasteiger partial charge in [-0.25, -0.2) is 9.78 Å². The summed E-state index contributed by atoms with van der Waals surface area (Å²) < 4.78 is 0. The van der Waals surface area contributed by atoms with E-state index >= 15 is 0 Å². The van der Waals surface area contributed by atoms with Gasteiger partial charge in [0.05, 0.1) is 5.69 Å². The van der Waals surface area contributed by atoms with Crippen molar-refractivity contribution in [2.45, 2.75) is 57.3 Å². The van der Waals surface area contributed by atoms with Crippen LogP contribution in [0.3, 0.4) is 0 Å². The minimum atomic E-state index is -1.03. The summed E-state index contributed by atoms with van der Waals surface area (Å²) in [5.74, 6) is -0.652. The molecule has 9 heteroatoms. The molecule has 0 bridgehead atoms. The number of hydrogen-bond donors (Lipinski definition) is 5. The molecule has 0 aliphatic heterocycles. The predicted octanol–water partition coefficient (Wildman–Crippen LogP) is 7.17. The van der Waals surface area contributed by atoms with Gasteiger partial charge in [0, 0.05) is 37.1 Å². The van der Waals surface area contributed by atoms with Gasteiger partial charge in [-0.1, -0.05) is 84.9 Å². The number of carboxylic acid groups (broad SMARTS) is 1. The largest absolute Gasteiger partial charge is 0.480 e. The number of carbonyl (C=O) groups is 2. The molecule has 9 nitrogen and oxygen atoms in total. The van der Waals surface area contributed by atoms with Crippen LogP contribution in [0.5, 0.6) is 0 Å². The first-order valence-electron chi connectivity index (χ1n) is 17.5. The maximum absolute atomic E-state index is 13.3. The number of nitrogens with two attached hydrogens (primary N) is 1. The van der Waals surface area contributed by atoms with Gasteiger partial charge in [-0.15, -0.1) is 0 Å². The molecule has 260 valence electrons. The van der Waals surface area contributed by atoms with E-state index in [1.165, 1.54) is 21.9 Å². The number of hydrogen-bond acceptors (Lipinski definition) is 7. The maximum atomic E-state index is 13.3. The lowest BCUT2D eigenvalue weighted by atomic mass is 9.92. The Labute approximate surface area is 298 Å². The van der Waals surface area contributed by atoms with Crippen molar-refractivity contribution in [3.63, 3.8) is 0 Å². The zero-order chi connectivity index (χ0) is 35.4. The first kappa shape index (κ1) is 35.2. The van der Waals surface area contributed by atoms with Crippen LogP contribution in [0.4, 0.5) is 5.82 Å². The van der Waals surface area contributed by atoms with E-state index in [0.29, 0.717) is 38.0 Å². The van der Waals surface area contributed by atoms with Crippen LogP contribution < -0.4 is 21.7 Å². The van der Waals surface area contributed by atoms with E-state index in [4.69, 9.17) is 5.73 Å². The van der Waals surface area contributed by atoms with Crippen molar-refractivity contribution < 1.29 is 14.7 Å². The van der Waals surface area contributed by atoms with E-state index in [9.17, 15) is 14.7 Å². The van der Waals surface area contributed by atoms with Crippen LogP contribution in [0.15, 0.2) is 122 Å². The summed E-state index contributed by atoms with van der Waals surface area (Å²) in [4.78, 5) is 34.1. The molecule has 6 aromatic rings. The number of carboxylic acids is 1. The summed E-state index contributed by atoms with van der Waals surface area (Å²) in [6.45, 7) is 1.81. The number of nitrogens with zero attached hydrogens (tertiary/aromatic N) is 2. The number of rotatable bonds is 12. The van der Waals surface area contributed by atoms with Crippen LogP contribution in [0.1, 0.15) is 64.5 Å². The summed E-state index contributed by atoms with van der Waals surface area (Å²) in [5, 5.41) is 23.7. The molecule has 0 saturated heterocycles. The van der Waals surface area contributed by atoms with Crippen LogP contribution in [0.25, 0.3) is 21.5 Å². The quantitative estimate of drug-likeness (QED) is 0.0857. The van der Waals surface area contributed by atoms with Crippen LogP contribution in [0, 0.1) is 0 Å². The second-order valence-corrected chi connectivity index (χ2v) is 12.7. The number of aryl methyl sites for hydroxylation is 1. The highest BCUT2D eigenvalue weighted by Crippen LogP contribution is 2.28. The van der Waals surface area contributed by atoms with Gasteiger partial charge in [0.15, 0.2) is 0 Å². The third-order valence-electron chi connectivity index (χ3n) is 9.34. The molecule has 1 aliphatic rings. The second kappa shape index (κ2) is 17.3. The normalized spacial score (nSPS) is 14.2. The molecule has 0 fully saturated rings. The highest BCUT2D eigenvalue weighted by Gasteiger charge is 2.23. The standard InChI is InChI=1S/C31H33N5O3.C11H11N/c37-30(25-16-15-22(23-10-1-2-11-24(23)25)20-35-28-14-3-4-17-33-28)36-27(31(38)39)13-7-18-32-26-12-5-8-21-9-6-19-34-29(21)26;12-8-10-6-3-5-9-4-1-2-7-11(9)10/h1-4,6,9-11,14-17,19,26-27,32H,5,7-8,12-13,18,20H2,(H,33,35)(H,36,37)(H,38,39);1-7H,8,12H2/t26?,27-;/m0./s1. The number of fused-ring (bicyclic) bond motifs is 3. The Hall–Kier alpha value is -5.64. The Morgan fingerprint density at radius 2 is 1.57 bits per heavy atom. The molecule has 51 heavy (non-hydrogen) atoms. The fourth-order valence-electron chi connectivity index (χ4n) is 6.72. The SMILES string of the molecule is NCc1cccc2ccccc12.O=C(N[C@@H](CCCNC1CCCc2cccnc21)C(=O)O)c1ccc(CNc2ccccn2)c2ccccc12. The third-order valence-corrected chi connectivity index (χ3v) is 9.34. The highest BCUT2D eigenvalue weighted by molar-refractivity contribution is 6.08. The van der Waals surface area contributed by atoms with E-state index in [-0.39, 0.29) is 11.9 Å². The van der Waals surface area contributed by atoms with Crippen molar-refractivity contribution in [3.05, 3.63) is 150 Å². The molecule has 1 aliphatic carbocycles. The molecule has 1 unspecified atom stereocenters. The number of pyridine rings is 2. The fraction of sp³-hybridized carbons (Fsp3) is 0.238.